The van der Waals surface area contributed by atoms with E-state index in [2.05, 4.69) is 20.6 Å². The van der Waals surface area contributed by atoms with E-state index < -0.39 is 4.92 Å². The number of nitro benzene ring substituents is 1. The molecule has 0 aliphatic carbocycles. The standard InChI is InChI=1S/C20H26N6O4/c1-2-9-21-19(27)14-24-10-6-15(7-11-24)22-20(28)18-8-12-25(23-18)16-4-3-5-17(13-16)26(29)30/h3-5,8,12-13,15H,2,6-7,9-11,14H2,1H3,(H,21,27)(H,22,28). The maximum atomic E-state index is 12.5. The molecule has 2 N–H and O–H groups in total. The summed E-state index contributed by atoms with van der Waals surface area (Å²) in [6.45, 7) is 4.57. The van der Waals surface area contributed by atoms with Gasteiger partial charge in [-0.25, -0.2) is 4.68 Å². The Labute approximate surface area is 174 Å². The number of nitro groups is 1. The van der Waals surface area contributed by atoms with Crippen molar-refractivity contribution in [2.75, 3.05) is 26.2 Å². The van der Waals surface area contributed by atoms with Crippen LogP contribution < -0.4 is 10.6 Å². The minimum Gasteiger partial charge on any atom is -0.355 e. The lowest BCUT2D eigenvalue weighted by Gasteiger charge is -2.31. The Kier molecular flexibility index (Phi) is 7.12. The van der Waals surface area contributed by atoms with Gasteiger partial charge in [0.05, 0.1) is 17.2 Å². The molecule has 1 fully saturated rings. The van der Waals surface area contributed by atoms with Crippen molar-refractivity contribution in [2.45, 2.75) is 32.2 Å². The first-order chi connectivity index (χ1) is 14.5. The van der Waals surface area contributed by atoms with Crippen LogP contribution in [-0.4, -0.2) is 63.6 Å². The SMILES string of the molecule is CCCNC(=O)CN1CCC(NC(=O)c2ccn(-c3cccc([N+](=O)[O-])c3)n2)CC1. The lowest BCUT2D eigenvalue weighted by Crippen LogP contribution is -2.47. The predicted molar refractivity (Wildman–Crippen MR) is 110 cm³/mol. The number of nitrogens with zero attached hydrogens (tertiary/aromatic N) is 4. The average molecular weight is 414 g/mol. The van der Waals surface area contributed by atoms with Crippen molar-refractivity contribution in [1.29, 1.82) is 0 Å². The van der Waals surface area contributed by atoms with Gasteiger partial charge in [0.25, 0.3) is 11.6 Å². The van der Waals surface area contributed by atoms with Crippen LogP contribution >= 0.6 is 0 Å². The zero-order chi connectivity index (χ0) is 21.5. The number of non-ortho nitro benzene ring substituents is 1. The summed E-state index contributed by atoms with van der Waals surface area (Å²) in [5, 5.41) is 21.0. The molecule has 2 aromatic rings. The summed E-state index contributed by atoms with van der Waals surface area (Å²) in [5.41, 5.74) is 0.727. The molecule has 0 unspecified atom stereocenters. The number of likely N-dealkylation sites (tertiary alicyclic amines) is 1. The summed E-state index contributed by atoms with van der Waals surface area (Å²) in [4.78, 5) is 36.9. The molecule has 1 aliphatic rings. The van der Waals surface area contributed by atoms with Gasteiger partial charge in [0.15, 0.2) is 5.69 Å². The molecular weight excluding hydrogens is 388 g/mol. The highest BCUT2D eigenvalue weighted by molar-refractivity contribution is 5.92. The molecule has 10 nitrogen and oxygen atoms in total. The van der Waals surface area contributed by atoms with Gasteiger partial charge < -0.3 is 10.6 Å². The minimum atomic E-state index is -0.472. The second-order valence-corrected chi connectivity index (χ2v) is 7.30. The fraction of sp³-hybridized carbons (Fsp3) is 0.450. The number of carbonyl (C=O) groups is 2. The van der Waals surface area contributed by atoms with Crippen LogP contribution in [0.5, 0.6) is 0 Å². The van der Waals surface area contributed by atoms with E-state index in [-0.39, 0.29) is 29.2 Å². The van der Waals surface area contributed by atoms with E-state index in [4.69, 9.17) is 0 Å². The zero-order valence-electron chi connectivity index (χ0n) is 16.9. The third kappa shape index (κ3) is 5.63. The van der Waals surface area contributed by atoms with Crippen molar-refractivity contribution in [3.05, 3.63) is 52.3 Å². The van der Waals surface area contributed by atoms with Gasteiger partial charge in [0, 0.05) is 44.0 Å². The summed E-state index contributed by atoms with van der Waals surface area (Å²) in [5.74, 6) is -0.246. The molecule has 0 spiro atoms. The van der Waals surface area contributed by atoms with Gasteiger partial charge in [-0.2, -0.15) is 5.10 Å². The van der Waals surface area contributed by atoms with Crippen LogP contribution in [0, 0.1) is 10.1 Å². The van der Waals surface area contributed by atoms with Crippen LogP contribution in [0.2, 0.25) is 0 Å². The Morgan fingerprint density at radius 1 is 1.27 bits per heavy atom. The minimum absolute atomic E-state index is 0.0235. The van der Waals surface area contributed by atoms with E-state index in [1.54, 1.807) is 24.4 Å². The van der Waals surface area contributed by atoms with Crippen LogP contribution in [0.15, 0.2) is 36.5 Å². The second kappa shape index (κ2) is 9.97. The van der Waals surface area contributed by atoms with Gasteiger partial charge in [-0.1, -0.05) is 13.0 Å². The molecule has 3 rings (SSSR count). The fourth-order valence-electron chi connectivity index (χ4n) is 3.36. The van der Waals surface area contributed by atoms with E-state index in [0.717, 1.165) is 32.4 Å². The van der Waals surface area contributed by atoms with Crippen molar-refractivity contribution in [3.63, 3.8) is 0 Å². The van der Waals surface area contributed by atoms with Crippen LogP contribution in [0.3, 0.4) is 0 Å². The van der Waals surface area contributed by atoms with Crippen LogP contribution in [0.1, 0.15) is 36.7 Å². The van der Waals surface area contributed by atoms with E-state index in [1.165, 1.54) is 16.8 Å². The molecule has 1 aromatic heterocycles. The molecule has 0 atom stereocenters. The van der Waals surface area contributed by atoms with Gasteiger partial charge in [0.1, 0.15) is 0 Å². The Morgan fingerprint density at radius 2 is 2.03 bits per heavy atom. The monoisotopic (exact) mass is 414 g/mol. The number of hydrogen-bond donors (Lipinski definition) is 2. The van der Waals surface area contributed by atoms with Crippen molar-refractivity contribution < 1.29 is 14.5 Å². The lowest BCUT2D eigenvalue weighted by molar-refractivity contribution is -0.384. The van der Waals surface area contributed by atoms with Crippen molar-refractivity contribution in [3.8, 4) is 5.69 Å². The molecule has 0 radical (unpaired) electrons. The van der Waals surface area contributed by atoms with E-state index in [9.17, 15) is 19.7 Å². The first kappa shape index (κ1) is 21.4. The van der Waals surface area contributed by atoms with Gasteiger partial charge in [-0.3, -0.25) is 24.6 Å². The molecule has 1 saturated heterocycles. The Balaban J connectivity index is 1.51. The van der Waals surface area contributed by atoms with Crippen LogP contribution in [0.25, 0.3) is 5.69 Å². The first-order valence-corrected chi connectivity index (χ1v) is 10.1. The van der Waals surface area contributed by atoms with Crippen molar-refractivity contribution >= 4 is 17.5 Å². The topological polar surface area (TPSA) is 122 Å². The lowest BCUT2D eigenvalue weighted by atomic mass is 10.0. The Morgan fingerprint density at radius 3 is 2.73 bits per heavy atom. The molecular formula is C20H26N6O4. The second-order valence-electron chi connectivity index (χ2n) is 7.30. The summed E-state index contributed by atoms with van der Waals surface area (Å²) < 4.78 is 1.44. The zero-order valence-corrected chi connectivity index (χ0v) is 16.9. The summed E-state index contributed by atoms with van der Waals surface area (Å²) in [6.07, 6.45) is 4.04. The van der Waals surface area contributed by atoms with Crippen molar-refractivity contribution in [1.82, 2.24) is 25.3 Å². The highest BCUT2D eigenvalue weighted by Crippen LogP contribution is 2.17. The molecule has 2 amide bonds. The summed E-state index contributed by atoms with van der Waals surface area (Å²) >= 11 is 0. The Hall–Kier alpha value is -3.27. The molecule has 0 saturated carbocycles. The molecule has 0 bridgehead atoms. The van der Waals surface area contributed by atoms with Crippen LogP contribution in [-0.2, 0) is 4.79 Å². The highest BCUT2D eigenvalue weighted by Gasteiger charge is 2.23. The first-order valence-electron chi connectivity index (χ1n) is 10.1. The maximum Gasteiger partial charge on any atom is 0.272 e. The van der Waals surface area contributed by atoms with Gasteiger partial charge in [0.2, 0.25) is 5.91 Å². The van der Waals surface area contributed by atoms with Gasteiger partial charge in [-0.15, -0.1) is 0 Å². The number of piperidine rings is 1. The third-order valence-electron chi connectivity index (χ3n) is 4.99. The number of aromatic nitrogens is 2. The molecule has 1 aliphatic heterocycles. The summed E-state index contributed by atoms with van der Waals surface area (Å²) in [6, 6.07) is 7.68. The normalized spacial score (nSPS) is 15.0. The molecule has 1 aromatic carbocycles. The quantitative estimate of drug-likeness (QED) is 0.499. The largest absolute Gasteiger partial charge is 0.355 e. The van der Waals surface area contributed by atoms with Gasteiger partial charge in [-0.05, 0) is 31.4 Å². The Bertz CT molecular complexity index is 904. The van der Waals surface area contributed by atoms with E-state index in [1.807, 2.05) is 6.92 Å². The average Bonchev–Trinajstić information content (AvgIpc) is 3.24. The van der Waals surface area contributed by atoms with Crippen LogP contribution in [0.4, 0.5) is 5.69 Å². The smallest absolute Gasteiger partial charge is 0.272 e. The predicted octanol–water partition coefficient (Wildman–Crippen LogP) is 1.50. The molecule has 160 valence electrons. The summed E-state index contributed by atoms with van der Waals surface area (Å²) in [7, 11) is 0. The molecule has 2 heterocycles. The fourth-order valence-corrected chi connectivity index (χ4v) is 3.36. The highest BCUT2D eigenvalue weighted by atomic mass is 16.6. The number of carbonyl (C=O) groups excluding carboxylic acids is 2. The molecule has 30 heavy (non-hydrogen) atoms. The van der Waals surface area contributed by atoms with Crippen molar-refractivity contribution in [2.24, 2.45) is 0 Å². The number of benzene rings is 1. The maximum absolute atomic E-state index is 12.5. The molecule has 10 heteroatoms. The van der Waals surface area contributed by atoms with Gasteiger partial charge >= 0.3 is 0 Å². The van der Waals surface area contributed by atoms with E-state index >= 15 is 0 Å². The number of rotatable bonds is 8. The number of nitrogens with one attached hydrogen (secondary N) is 2. The number of hydrogen-bond acceptors (Lipinski definition) is 6. The number of amides is 2. The third-order valence-corrected chi connectivity index (χ3v) is 4.99. The van der Waals surface area contributed by atoms with E-state index in [0.29, 0.717) is 18.8 Å².